The lowest BCUT2D eigenvalue weighted by molar-refractivity contribution is -0.139. The molecule has 0 N–H and O–H groups in total. The first-order valence-corrected chi connectivity index (χ1v) is 12.6. The Hall–Kier alpha value is -2.68. The van der Waals surface area contributed by atoms with E-state index in [1.165, 1.54) is 11.3 Å². The number of halogens is 2. The Morgan fingerprint density at radius 2 is 1.97 bits per heavy atom. The molecule has 1 aliphatic heterocycles. The van der Waals surface area contributed by atoms with E-state index in [1.54, 1.807) is 30.5 Å². The zero-order valence-electron chi connectivity index (χ0n) is 19.1. The summed E-state index contributed by atoms with van der Waals surface area (Å²) in [5.74, 6) is -0.485. The van der Waals surface area contributed by atoms with Gasteiger partial charge in [-0.15, -0.1) is 0 Å². The lowest BCUT2D eigenvalue weighted by atomic mass is 9.96. The van der Waals surface area contributed by atoms with E-state index < -0.39 is 12.0 Å². The van der Waals surface area contributed by atoms with Gasteiger partial charge in [-0.3, -0.25) is 9.36 Å². The maximum Gasteiger partial charge on any atom is 0.338 e. The smallest absolute Gasteiger partial charge is 0.338 e. The van der Waals surface area contributed by atoms with E-state index in [0.29, 0.717) is 25.6 Å². The third-order valence-corrected chi connectivity index (χ3v) is 7.32. The highest BCUT2D eigenvalue weighted by atomic mass is 79.9. The molecule has 0 fully saturated rings. The quantitative estimate of drug-likeness (QED) is 0.437. The summed E-state index contributed by atoms with van der Waals surface area (Å²) in [5.41, 5.74) is 3.34. The summed E-state index contributed by atoms with van der Waals surface area (Å²) in [5, 5.41) is 0.571. The van der Waals surface area contributed by atoms with Gasteiger partial charge < -0.3 is 9.64 Å². The second-order valence-electron chi connectivity index (χ2n) is 7.96. The van der Waals surface area contributed by atoms with Crippen LogP contribution in [0, 0.1) is 0 Å². The zero-order valence-corrected chi connectivity index (χ0v) is 22.3. The van der Waals surface area contributed by atoms with E-state index in [4.69, 9.17) is 16.3 Å². The lowest BCUT2D eigenvalue weighted by Gasteiger charge is -2.24. The average Bonchev–Trinajstić information content (AvgIpc) is 3.08. The molecular formula is C25H23BrClN3O3S. The summed E-state index contributed by atoms with van der Waals surface area (Å²) in [6.45, 7) is 3.74. The number of hydrogen-bond donors (Lipinski definition) is 0. The SMILES string of the molecule is CCOC(=O)C1=C(C)N=c2s/c(=C\c3ccc(N(C)C)c(Br)c3)c(=O)n2[C@H]1c1ccc(Cl)cc1. The molecule has 3 aromatic rings. The topological polar surface area (TPSA) is 63.9 Å². The number of allylic oxidation sites excluding steroid dienone is 1. The predicted octanol–water partition coefficient (Wildman–Crippen LogP) is 4.28. The van der Waals surface area contributed by atoms with E-state index in [9.17, 15) is 9.59 Å². The second kappa shape index (κ2) is 9.90. The molecule has 1 aromatic heterocycles. The minimum Gasteiger partial charge on any atom is -0.463 e. The van der Waals surface area contributed by atoms with Gasteiger partial charge in [0.2, 0.25) is 0 Å². The fourth-order valence-electron chi connectivity index (χ4n) is 3.88. The number of esters is 1. The van der Waals surface area contributed by atoms with Crippen molar-refractivity contribution >= 4 is 56.6 Å². The Morgan fingerprint density at radius 3 is 2.59 bits per heavy atom. The van der Waals surface area contributed by atoms with Crippen LogP contribution in [0.2, 0.25) is 5.02 Å². The summed E-state index contributed by atoms with van der Waals surface area (Å²) in [4.78, 5) is 33.7. The molecule has 6 nitrogen and oxygen atoms in total. The van der Waals surface area contributed by atoms with E-state index in [0.717, 1.165) is 21.3 Å². The number of benzene rings is 2. The first kappa shape index (κ1) is 24.4. The van der Waals surface area contributed by atoms with Gasteiger partial charge in [-0.1, -0.05) is 41.1 Å². The Morgan fingerprint density at radius 1 is 1.26 bits per heavy atom. The molecule has 0 saturated carbocycles. The number of aromatic nitrogens is 1. The van der Waals surface area contributed by atoms with Crippen LogP contribution in [0.5, 0.6) is 0 Å². The minimum absolute atomic E-state index is 0.217. The molecule has 0 saturated heterocycles. The number of carbonyl (C=O) groups excluding carboxylic acids is 1. The van der Waals surface area contributed by atoms with Crippen LogP contribution in [0.1, 0.15) is 31.0 Å². The van der Waals surface area contributed by atoms with Gasteiger partial charge in [0.15, 0.2) is 4.80 Å². The molecule has 2 heterocycles. The highest BCUT2D eigenvalue weighted by Crippen LogP contribution is 2.31. The highest BCUT2D eigenvalue weighted by molar-refractivity contribution is 9.10. The number of fused-ring (bicyclic) bond motifs is 1. The minimum atomic E-state index is -0.655. The number of anilines is 1. The number of thiazole rings is 1. The highest BCUT2D eigenvalue weighted by Gasteiger charge is 2.33. The third-order valence-electron chi connectivity index (χ3n) is 5.45. The number of hydrogen-bond acceptors (Lipinski definition) is 6. The molecule has 0 radical (unpaired) electrons. The molecule has 0 spiro atoms. The Kier molecular flexibility index (Phi) is 7.12. The molecule has 0 unspecified atom stereocenters. The molecule has 34 heavy (non-hydrogen) atoms. The van der Waals surface area contributed by atoms with Crippen molar-refractivity contribution in [1.82, 2.24) is 4.57 Å². The van der Waals surface area contributed by atoms with Gasteiger partial charge in [0.05, 0.1) is 34.1 Å². The van der Waals surface area contributed by atoms with Gasteiger partial charge >= 0.3 is 5.97 Å². The molecular weight excluding hydrogens is 538 g/mol. The summed E-state index contributed by atoms with van der Waals surface area (Å²) in [7, 11) is 3.94. The Balaban J connectivity index is 1.91. The normalized spacial score (nSPS) is 15.7. The summed E-state index contributed by atoms with van der Waals surface area (Å²) < 4.78 is 8.35. The fraction of sp³-hybridized carbons (Fsp3) is 0.240. The molecule has 2 aromatic carbocycles. The largest absolute Gasteiger partial charge is 0.463 e. The maximum atomic E-state index is 13.6. The zero-order chi connectivity index (χ0) is 24.6. The van der Waals surface area contributed by atoms with Gasteiger partial charge in [0.1, 0.15) is 0 Å². The molecule has 176 valence electrons. The summed E-state index contributed by atoms with van der Waals surface area (Å²) in [6, 6.07) is 12.4. The van der Waals surface area contributed by atoms with Crippen molar-refractivity contribution in [2.24, 2.45) is 4.99 Å². The average molecular weight is 561 g/mol. The molecule has 1 atom stereocenters. The number of carbonyl (C=O) groups is 1. The van der Waals surface area contributed by atoms with Gasteiger partial charge in [0.25, 0.3) is 5.56 Å². The van der Waals surface area contributed by atoms with Crippen molar-refractivity contribution < 1.29 is 9.53 Å². The van der Waals surface area contributed by atoms with Crippen LogP contribution < -0.4 is 19.8 Å². The first-order chi connectivity index (χ1) is 16.2. The van der Waals surface area contributed by atoms with E-state index in [2.05, 4.69) is 20.9 Å². The van der Waals surface area contributed by atoms with Crippen LogP contribution in [0.25, 0.3) is 6.08 Å². The number of rotatable bonds is 5. The Labute approximate surface area is 214 Å². The van der Waals surface area contributed by atoms with Crippen LogP contribution in [0.15, 0.2) is 68.0 Å². The van der Waals surface area contributed by atoms with Crippen LogP contribution in [-0.4, -0.2) is 31.2 Å². The van der Waals surface area contributed by atoms with Crippen molar-refractivity contribution in [2.75, 3.05) is 25.6 Å². The summed E-state index contributed by atoms with van der Waals surface area (Å²) in [6.07, 6.45) is 1.84. The second-order valence-corrected chi connectivity index (χ2v) is 10.3. The molecule has 0 aliphatic carbocycles. The van der Waals surface area contributed by atoms with Crippen LogP contribution in [0.3, 0.4) is 0 Å². The van der Waals surface area contributed by atoms with Gasteiger partial charge in [0, 0.05) is 23.6 Å². The van der Waals surface area contributed by atoms with Gasteiger partial charge in [-0.05, 0) is 71.2 Å². The Bertz CT molecular complexity index is 1470. The van der Waals surface area contributed by atoms with Crippen LogP contribution in [0.4, 0.5) is 5.69 Å². The molecule has 1 aliphatic rings. The standard InChI is InChI=1S/C25H23BrClN3O3S/c1-5-33-24(32)21-14(2)28-25-30(22(21)16-7-9-17(27)10-8-16)23(31)20(34-25)13-15-6-11-19(29(3)4)18(26)12-15/h6-13,22H,5H2,1-4H3/b20-13-/t22-/m0/s1. The van der Waals surface area contributed by atoms with Crippen LogP contribution in [-0.2, 0) is 9.53 Å². The maximum absolute atomic E-state index is 13.6. The molecule has 9 heteroatoms. The van der Waals surface area contributed by atoms with Crippen LogP contribution >= 0.6 is 38.9 Å². The fourth-order valence-corrected chi connectivity index (χ4v) is 5.80. The van der Waals surface area contributed by atoms with Crippen molar-refractivity contribution in [3.63, 3.8) is 0 Å². The van der Waals surface area contributed by atoms with Crippen molar-refractivity contribution in [1.29, 1.82) is 0 Å². The van der Waals surface area contributed by atoms with Crippen molar-refractivity contribution in [2.45, 2.75) is 19.9 Å². The molecule has 4 rings (SSSR count). The number of nitrogens with zero attached hydrogens (tertiary/aromatic N) is 3. The predicted molar refractivity (Wildman–Crippen MR) is 140 cm³/mol. The van der Waals surface area contributed by atoms with E-state index in [-0.39, 0.29) is 12.2 Å². The van der Waals surface area contributed by atoms with E-state index in [1.807, 2.05) is 55.4 Å². The third kappa shape index (κ3) is 4.62. The first-order valence-electron chi connectivity index (χ1n) is 10.6. The van der Waals surface area contributed by atoms with Crippen molar-refractivity contribution in [3.05, 3.63) is 94.0 Å². The number of ether oxygens (including phenoxy) is 1. The molecule has 0 amide bonds. The van der Waals surface area contributed by atoms with E-state index >= 15 is 0 Å². The molecule has 0 bridgehead atoms. The van der Waals surface area contributed by atoms with Gasteiger partial charge in [-0.2, -0.15) is 0 Å². The lowest BCUT2D eigenvalue weighted by Crippen LogP contribution is -2.39. The van der Waals surface area contributed by atoms with Crippen molar-refractivity contribution in [3.8, 4) is 0 Å². The van der Waals surface area contributed by atoms with Gasteiger partial charge in [-0.25, -0.2) is 9.79 Å². The monoisotopic (exact) mass is 559 g/mol. The summed E-state index contributed by atoms with van der Waals surface area (Å²) >= 11 is 11.0.